The first-order valence-electron chi connectivity index (χ1n) is 11.0. The zero-order chi connectivity index (χ0) is 23.2. The molecule has 3 unspecified atom stereocenters. The Hall–Kier alpha value is -1.41. The van der Waals surface area contributed by atoms with Crippen molar-refractivity contribution in [3.8, 4) is 0 Å². The van der Waals surface area contributed by atoms with Crippen LogP contribution < -0.4 is 0 Å². The standard InChI is InChI=1S/C23H34F4O4/c1-4-5-14-22(2,23(25,26)27)18(28)13-11-15-10-12-16-20(15)21(24)17(31-16)8-6-7-9-19(29)30-3/h6,8,11,13,15-18,20-21,28H,4-5,7,9-10,12,14H2,1-3H3/b8-6+,13-11+/t15-,16+,17?,18-,20-,21?,22?/m1/s1. The van der Waals surface area contributed by atoms with Crippen LogP contribution >= 0.6 is 0 Å². The van der Waals surface area contributed by atoms with E-state index in [0.29, 0.717) is 32.1 Å². The molecule has 1 saturated carbocycles. The fourth-order valence-electron chi connectivity index (χ4n) is 4.48. The van der Waals surface area contributed by atoms with Gasteiger partial charge >= 0.3 is 12.1 Å². The lowest BCUT2D eigenvalue weighted by molar-refractivity contribution is -0.244. The fraction of sp³-hybridized carbons (Fsp3) is 0.783. The normalized spacial score (nSPS) is 31.8. The van der Waals surface area contributed by atoms with Gasteiger partial charge in [0, 0.05) is 12.3 Å². The number of rotatable bonds is 10. The maximum Gasteiger partial charge on any atom is 0.397 e. The van der Waals surface area contributed by atoms with E-state index in [1.807, 2.05) is 0 Å². The summed E-state index contributed by atoms with van der Waals surface area (Å²) in [7, 11) is 1.30. The van der Waals surface area contributed by atoms with Crippen molar-refractivity contribution in [2.45, 2.75) is 89.5 Å². The molecule has 1 heterocycles. The molecule has 2 rings (SSSR count). The SMILES string of the molecule is CCCCC(C)([C@H](O)/C=C/[C@H]1CC[C@@H]2OC(/C=C/CCC(=O)OC)C(F)[C@@H]21)C(F)(F)F. The second-order valence-electron chi connectivity index (χ2n) is 8.79. The van der Waals surface area contributed by atoms with Gasteiger partial charge in [-0.1, -0.05) is 44.1 Å². The third kappa shape index (κ3) is 6.09. The minimum atomic E-state index is -4.54. The van der Waals surface area contributed by atoms with Gasteiger partial charge in [0.05, 0.1) is 24.7 Å². The van der Waals surface area contributed by atoms with Crippen molar-refractivity contribution >= 4 is 5.97 Å². The molecule has 0 aromatic rings. The van der Waals surface area contributed by atoms with Crippen LogP contribution in [0.2, 0.25) is 0 Å². The van der Waals surface area contributed by atoms with Gasteiger partial charge in [-0.15, -0.1) is 0 Å². The molecule has 1 aliphatic heterocycles. The number of alkyl halides is 4. The van der Waals surface area contributed by atoms with Crippen LogP contribution in [0.5, 0.6) is 0 Å². The predicted molar refractivity (Wildman–Crippen MR) is 109 cm³/mol. The highest BCUT2D eigenvalue weighted by Crippen LogP contribution is 2.48. The summed E-state index contributed by atoms with van der Waals surface area (Å²) < 4.78 is 66.2. The topological polar surface area (TPSA) is 55.8 Å². The molecule has 1 saturated heterocycles. The summed E-state index contributed by atoms with van der Waals surface area (Å²) in [6, 6.07) is 0. The Morgan fingerprint density at radius 2 is 2.00 bits per heavy atom. The Balaban J connectivity index is 2.01. The van der Waals surface area contributed by atoms with Crippen molar-refractivity contribution in [2.24, 2.45) is 17.3 Å². The number of fused-ring (bicyclic) bond motifs is 1. The highest BCUT2D eigenvalue weighted by molar-refractivity contribution is 5.69. The molecule has 1 aliphatic carbocycles. The number of carbonyl (C=O) groups is 1. The Morgan fingerprint density at radius 3 is 2.61 bits per heavy atom. The number of ether oxygens (including phenoxy) is 2. The van der Waals surface area contributed by atoms with Crippen molar-refractivity contribution in [3.05, 3.63) is 24.3 Å². The molecule has 0 radical (unpaired) electrons. The van der Waals surface area contributed by atoms with Gasteiger partial charge in [-0.2, -0.15) is 13.2 Å². The van der Waals surface area contributed by atoms with E-state index in [-0.39, 0.29) is 30.8 Å². The van der Waals surface area contributed by atoms with Gasteiger partial charge in [-0.3, -0.25) is 4.79 Å². The van der Waals surface area contributed by atoms with Gasteiger partial charge in [0.15, 0.2) is 0 Å². The van der Waals surface area contributed by atoms with Crippen molar-refractivity contribution in [1.82, 2.24) is 0 Å². The van der Waals surface area contributed by atoms with E-state index in [4.69, 9.17) is 4.74 Å². The summed E-state index contributed by atoms with van der Waals surface area (Å²) in [5, 5.41) is 10.4. The Kier molecular flexibility index (Phi) is 9.13. The Morgan fingerprint density at radius 1 is 1.29 bits per heavy atom. The average molecular weight is 451 g/mol. The first kappa shape index (κ1) is 25.8. The quantitative estimate of drug-likeness (QED) is 0.279. The summed E-state index contributed by atoms with van der Waals surface area (Å²) in [5.41, 5.74) is -2.23. The molecule has 2 aliphatic rings. The van der Waals surface area contributed by atoms with Crippen molar-refractivity contribution in [1.29, 1.82) is 0 Å². The smallest absolute Gasteiger partial charge is 0.397 e. The Bertz CT molecular complexity index is 648. The molecular weight excluding hydrogens is 416 g/mol. The second kappa shape index (κ2) is 10.9. The minimum absolute atomic E-state index is 0.164. The first-order chi connectivity index (χ1) is 14.5. The van der Waals surface area contributed by atoms with E-state index in [1.165, 1.54) is 13.2 Å². The van der Waals surface area contributed by atoms with E-state index in [2.05, 4.69) is 4.74 Å². The van der Waals surface area contributed by atoms with E-state index >= 15 is 4.39 Å². The van der Waals surface area contributed by atoms with Gasteiger partial charge in [-0.05, 0) is 38.5 Å². The van der Waals surface area contributed by atoms with Crippen molar-refractivity contribution in [3.63, 3.8) is 0 Å². The molecule has 2 fully saturated rings. The van der Waals surface area contributed by atoms with Crippen molar-refractivity contribution in [2.75, 3.05) is 7.11 Å². The third-order valence-corrected chi connectivity index (χ3v) is 6.68. The number of hydrogen-bond acceptors (Lipinski definition) is 4. The van der Waals surface area contributed by atoms with Crippen molar-refractivity contribution < 1.29 is 36.9 Å². The lowest BCUT2D eigenvalue weighted by Gasteiger charge is -2.35. The van der Waals surface area contributed by atoms with Gasteiger partial charge in [0.2, 0.25) is 0 Å². The number of methoxy groups -OCH3 is 1. The number of hydrogen-bond donors (Lipinski definition) is 1. The molecule has 0 aromatic heterocycles. The van der Waals surface area contributed by atoms with Crippen LogP contribution in [0.1, 0.15) is 58.8 Å². The Labute approximate surface area is 181 Å². The molecule has 8 heteroatoms. The molecule has 4 nitrogen and oxygen atoms in total. The third-order valence-electron chi connectivity index (χ3n) is 6.68. The monoisotopic (exact) mass is 450 g/mol. The lowest BCUT2D eigenvalue weighted by atomic mass is 9.78. The summed E-state index contributed by atoms with van der Waals surface area (Å²) in [4.78, 5) is 11.1. The summed E-state index contributed by atoms with van der Waals surface area (Å²) in [5.74, 6) is -1.09. The second-order valence-corrected chi connectivity index (χ2v) is 8.79. The van der Waals surface area contributed by atoms with Crippen LogP contribution in [0.25, 0.3) is 0 Å². The molecule has 31 heavy (non-hydrogen) atoms. The van der Waals surface area contributed by atoms with E-state index < -0.39 is 35.9 Å². The number of esters is 1. The zero-order valence-electron chi connectivity index (χ0n) is 18.4. The molecule has 7 atom stereocenters. The number of carbonyl (C=O) groups excluding carboxylic acids is 1. The number of allylic oxidation sites excluding steroid dienone is 2. The van der Waals surface area contributed by atoms with Crippen LogP contribution in [0.15, 0.2) is 24.3 Å². The minimum Gasteiger partial charge on any atom is -0.469 e. The maximum absolute atomic E-state index is 15.0. The number of aliphatic hydroxyl groups is 1. The van der Waals surface area contributed by atoms with Gasteiger partial charge in [0.1, 0.15) is 12.3 Å². The molecular formula is C23H34F4O4. The molecule has 0 amide bonds. The van der Waals surface area contributed by atoms with Crippen LogP contribution in [0.3, 0.4) is 0 Å². The summed E-state index contributed by atoms with van der Waals surface area (Å²) in [6.45, 7) is 2.85. The molecule has 0 aromatic carbocycles. The molecule has 178 valence electrons. The fourth-order valence-corrected chi connectivity index (χ4v) is 4.48. The van der Waals surface area contributed by atoms with Gasteiger partial charge < -0.3 is 14.6 Å². The first-order valence-corrected chi connectivity index (χ1v) is 11.0. The number of halogens is 4. The highest BCUT2D eigenvalue weighted by atomic mass is 19.4. The lowest BCUT2D eigenvalue weighted by Crippen LogP contribution is -2.44. The van der Waals surface area contributed by atoms with Crippen LogP contribution in [-0.4, -0.2) is 48.8 Å². The van der Waals surface area contributed by atoms with E-state index in [1.54, 1.807) is 25.2 Å². The number of aliphatic hydroxyl groups excluding tert-OH is 1. The zero-order valence-corrected chi connectivity index (χ0v) is 18.4. The van der Waals surface area contributed by atoms with Crippen LogP contribution in [0.4, 0.5) is 17.6 Å². The highest BCUT2D eigenvalue weighted by Gasteiger charge is 2.55. The largest absolute Gasteiger partial charge is 0.469 e. The van der Waals surface area contributed by atoms with E-state index in [9.17, 15) is 23.1 Å². The van der Waals surface area contributed by atoms with Crippen LogP contribution in [0, 0.1) is 17.3 Å². The average Bonchev–Trinajstić information content (AvgIpc) is 3.26. The number of unbranched alkanes of at least 4 members (excludes halogenated alkanes) is 1. The molecule has 0 spiro atoms. The van der Waals surface area contributed by atoms with Gasteiger partial charge in [0.25, 0.3) is 0 Å². The molecule has 0 bridgehead atoms. The summed E-state index contributed by atoms with van der Waals surface area (Å²) >= 11 is 0. The van der Waals surface area contributed by atoms with E-state index in [0.717, 1.165) is 6.92 Å². The summed E-state index contributed by atoms with van der Waals surface area (Å²) in [6.07, 6.45) is 0.118. The maximum atomic E-state index is 15.0. The predicted octanol–water partition coefficient (Wildman–Crippen LogP) is 5.30. The van der Waals surface area contributed by atoms with Gasteiger partial charge in [-0.25, -0.2) is 4.39 Å². The van der Waals surface area contributed by atoms with Crippen LogP contribution in [-0.2, 0) is 14.3 Å². The molecule has 1 N–H and O–H groups in total.